The highest BCUT2D eigenvalue weighted by molar-refractivity contribution is 5.84. The quantitative estimate of drug-likeness (QED) is 0.851. The van der Waals surface area contributed by atoms with Gasteiger partial charge in [-0.1, -0.05) is 19.1 Å². The van der Waals surface area contributed by atoms with Gasteiger partial charge in [0.05, 0.1) is 24.7 Å². The maximum absolute atomic E-state index is 13.0. The molecule has 0 bridgehead atoms. The molecule has 1 aliphatic heterocycles. The Morgan fingerprint density at radius 1 is 1.40 bits per heavy atom. The number of benzene rings is 1. The molecule has 0 aromatic heterocycles. The summed E-state index contributed by atoms with van der Waals surface area (Å²) in [7, 11) is 0. The fourth-order valence-corrected chi connectivity index (χ4v) is 2.70. The van der Waals surface area contributed by atoms with E-state index in [4.69, 9.17) is 4.74 Å². The molecule has 0 spiro atoms. The zero-order valence-electron chi connectivity index (χ0n) is 12.4. The predicted molar refractivity (Wildman–Crippen MR) is 76.0 cm³/mol. The smallest absolute Gasteiger partial charge is 0.230 e. The van der Waals surface area contributed by atoms with Gasteiger partial charge >= 0.3 is 0 Å². The molecule has 1 fully saturated rings. The average molecular weight is 279 g/mol. The second-order valence-electron chi connectivity index (χ2n) is 5.87. The first-order valence-electron chi connectivity index (χ1n) is 7.10. The van der Waals surface area contributed by atoms with Gasteiger partial charge in [-0.05, 0) is 38.0 Å². The molecular weight excluding hydrogens is 257 g/mol. The highest BCUT2D eigenvalue weighted by atomic mass is 19.1. The lowest BCUT2D eigenvalue weighted by Crippen LogP contribution is -2.56. The van der Waals surface area contributed by atoms with Gasteiger partial charge in [0, 0.05) is 6.54 Å². The lowest BCUT2D eigenvalue weighted by molar-refractivity contribution is -0.148. The third kappa shape index (κ3) is 3.01. The molecule has 1 aromatic carbocycles. The van der Waals surface area contributed by atoms with Crippen LogP contribution in [-0.2, 0) is 9.53 Å². The highest BCUT2D eigenvalue weighted by Gasteiger charge is 2.37. The van der Waals surface area contributed by atoms with Crippen molar-refractivity contribution in [3.05, 3.63) is 35.6 Å². The van der Waals surface area contributed by atoms with E-state index in [1.54, 1.807) is 12.1 Å². The summed E-state index contributed by atoms with van der Waals surface area (Å²) in [6.45, 7) is 7.76. The van der Waals surface area contributed by atoms with Crippen LogP contribution in [0, 0.1) is 5.82 Å². The van der Waals surface area contributed by atoms with Crippen molar-refractivity contribution in [2.24, 2.45) is 0 Å². The van der Waals surface area contributed by atoms with Crippen LogP contribution in [0.3, 0.4) is 0 Å². The standard InChI is InChI=1S/C16H22FNO2/c1-4-14(12-5-7-13(17)8-6-12)15(19)18-9-10-20-11-16(18,2)3/h5-8,14H,4,9-11H2,1-3H3. The van der Waals surface area contributed by atoms with Gasteiger partial charge in [0.1, 0.15) is 5.82 Å². The minimum Gasteiger partial charge on any atom is -0.377 e. The Hall–Kier alpha value is -1.42. The van der Waals surface area contributed by atoms with Crippen LogP contribution in [0.5, 0.6) is 0 Å². The van der Waals surface area contributed by atoms with Crippen molar-refractivity contribution >= 4 is 5.91 Å². The van der Waals surface area contributed by atoms with E-state index in [-0.39, 0.29) is 23.2 Å². The first kappa shape index (κ1) is 15.0. The van der Waals surface area contributed by atoms with Gasteiger partial charge in [-0.2, -0.15) is 0 Å². The van der Waals surface area contributed by atoms with Gasteiger partial charge in [0.15, 0.2) is 0 Å². The molecule has 3 nitrogen and oxygen atoms in total. The summed E-state index contributed by atoms with van der Waals surface area (Å²) in [5.41, 5.74) is 0.587. The van der Waals surface area contributed by atoms with E-state index in [2.05, 4.69) is 0 Å². The van der Waals surface area contributed by atoms with Crippen LogP contribution >= 0.6 is 0 Å². The SMILES string of the molecule is CCC(C(=O)N1CCOCC1(C)C)c1ccc(F)cc1. The molecule has 1 aromatic rings. The van der Waals surface area contributed by atoms with Crippen molar-refractivity contribution in [1.29, 1.82) is 0 Å². The summed E-state index contributed by atoms with van der Waals surface area (Å²) < 4.78 is 18.5. The summed E-state index contributed by atoms with van der Waals surface area (Å²) in [5.74, 6) is -0.386. The van der Waals surface area contributed by atoms with E-state index in [0.717, 1.165) is 5.56 Å². The summed E-state index contributed by atoms with van der Waals surface area (Å²) in [6.07, 6.45) is 0.706. The van der Waals surface area contributed by atoms with Crippen molar-refractivity contribution in [3.8, 4) is 0 Å². The van der Waals surface area contributed by atoms with Crippen molar-refractivity contribution in [1.82, 2.24) is 4.90 Å². The van der Waals surface area contributed by atoms with E-state index in [1.807, 2.05) is 25.7 Å². The number of amides is 1. The maximum Gasteiger partial charge on any atom is 0.230 e. The maximum atomic E-state index is 13.0. The molecule has 0 radical (unpaired) electrons. The average Bonchev–Trinajstić information content (AvgIpc) is 2.41. The van der Waals surface area contributed by atoms with Crippen molar-refractivity contribution in [3.63, 3.8) is 0 Å². The Labute approximate surface area is 119 Å². The molecular formula is C16H22FNO2. The lowest BCUT2D eigenvalue weighted by atomic mass is 9.92. The number of rotatable bonds is 3. The first-order valence-corrected chi connectivity index (χ1v) is 7.10. The summed E-state index contributed by atoms with van der Waals surface area (Å²) >= 11 is 0. The Balaban J connectivity index is 2.22. The second kappa shape index (κ2) is 5.92. The molecule has 1 unspecified atom stereocenters. The van der Waals surface area contributed by atoms with Gasteiger partial charge in [-0.3, -0.25) is 4.79 Å². The fourth-order valence-electron chi connectivity index (χ4n) is 2.70. The largest absolute Gasteiger partial charge is 0.377 e. The van der Waals surface area contributed by atoms with E-state index in [9.17, 15) is 9.18 Å². The normalized spacial score (nSPS) is 19.7. The minimum atomic E-state index is -0.289. The monoisotopic (exact) mass is 279 g/mol. The van der Waals surface area contributed by atoms with Gasteiger partial charge in [0.25, 0.3) is 0 Å². The third-order valence-corrected chi connectivity index (χ3v) is 3.89. The van der Waals surface area contributed by atoms with Crippen LogP contribution in [0.4, 0.5) is 4.39 Å². The van der Waals surface area contributed by atoms with E-state index < -0.39 is 0 Å². The molecule has 1 atom stereocenters. The minimum absolute atomic E-state index is 0.104. The Morgan fingerprint density at radius 2 is 2.05 bits per heavy atom. The van der Waals surface area contributed by atoms with Gasteiger partial charge in [-0.25, -0.2) is 4.39 Å². The zero-order valence-corrected chi connectivity index (χ0v) is 12.4. The van der Waals surface area contributed by atoms with Crippen LogP contribution in [0.15, 0.2) is 24.3 Å². The van der Waals surface area contributed by atoms with Crippen molar-refractivity contribution < 1.29 is 13.9 Å². The van der Waals surface area contributed by atoms with Crippen LogP contribution in [0.25, 0.3) is 0 Å². The van der Waals surface area contributed by atoms with Gasteiger partial charge in [-0.15, -0.1) is 0 Å². The number of carbonyl (C=O) groups excluding carboxylic acids is 1. The molecule has 1 amide bonds. The molecule has 1 saturated heterocycles. The van der Waals surface area contributed by atoms with Crippen LogP contribution in [-0.4, -0.2) is 36.1 Å². The van der Waals surface area contributed by atoms with Crippen molar-refractivity contribution in [2.75, 3.05) is 19.8 Å². The second-order valence-corrected chi connectivity index (χ2v) is 5.87. The number of ether oxygens (including phenoxy) is 1. The molecule has 110 valence electrons. The number of halogens is 1. The predicted octanol–water partition coefficient (Wildman–Crippen LogP) is 2.96. The first-order chi connectivity index (χ1) is 9.45. The zero-order chi connectivity index (χ0) is 14.8. The number of nitrogens with zero attached hydrogens (tertiary/aromatic N) is 1. The van der Waals surface area contributed by atoms with E-state index >= 15 is 0 Å². The summed E-state index contributed by atoms with van der Waals surface area (Å²) in [6, 6.07) is 6.23. The van der Waals surface area contributed by atoms with Crippen LogP contribution < -0.4 is 0 Å². The number of morpholine rings is 1. The molecule has 0 aliphatic carbocycles. The highest BCUT2D eigenvalue weighted by Crippen LogP contribution is 2.28. The van der Waals surface area contributed by atoms with Crippen molar-refractivity contribution in [2.45, 2.75) is 38.6 Å². The number of hydrogen-bond donors (Lipinski definition) is 0. The molecule has 0 N–H and O–H groups in total. The molecule has 1 aliphatic rings. The molecule has 4 heteroatoms. The van der Waals surface area contributed by atoms with Gasteiger partial charge in [0.2, 0.25) is 5.91 Å². The Bertz CT molecular complexity index is 470. The van der Waals surface area contributed by atoms with Crippen LogP contribution in [0.2, 0.25) is 0 Å². The van der Waals surface area contributed by atoms with E-state index in [1.165, 1.54) is 12.1 Å². The molecule has 0 saturated carbocycles. The third-order valence-electron chi connectivity index (χ3n) is 3.89. The van der Waals surface area contributed by atoms with E-state index in [0.29, 0.717) is 26.2 Å². The molecule has 2 rings (SSSR count). The lowest BCUT2D eigenvalue weighted by Gasteiger charge is -2.43. The summed E-state index contributed by atoms with van der Waals surface area (Å²) in [4.78, 5) is 14.7. The topological polar surface area (TPSA) is 29.5 Å². The fraction of sp³-hybridized carbons (Fsp3) is 0.562. The number of carbonyl (C=O) groups is 1. The van der Waals surface area contributed by atoms with Gasteiger partial charge < -0.3 is 9.64 Å². The molecule has 20 heavy (non-hydrogen) atoms. The molecule has 1 heterocycles. The number of hydrogen-bond acceptors (Lipinski definition) is 2. The summed E-state index contributed by atoms with van der Waals surface area (Å²) in [5, 5.41) is 0. The Morgan fingerprint density at radius 3 is 2.60 bits per heavy atom. The Kier molecular flexibility index (Phi) is 4.43. The van der Waals surface area contributed by atoms with Crippen LogP contribution in [0.1, 0.15) is 38.7 Å².